The number of pyridine rings is 1. The topological polar surface area (TPSA) is 89.2 Å². The van der Waals surface area contributed by atoms with E-state index in [1.807, 2.05) is 0 Å². The van der Waals surface area contributed by atoms with Gasteiger partial charge in [-0.3, -0.25) is 9.67 Å². The molecule has 0 radical (unpaired) electrons. The Labute approximate surface area is 175 Å². The van der Waals surface area contributed by atoms with Crippen LogP contribution < -0.4 is 5.32 Å². The summed E-state index contributed by atoms with van der Waals surface area (Å²) in [5.41, 5.74) is 5.31. The van der Waals surface area contributed by atoms with Gasteiger partial charge in [-0.25, -0.2) is 9.18 Å². The summed E-state index contributed by atoms with van der Waals surface area (Å²) in [5.74, 6) is 0.247. The van der Waals surface area contributed by atoms with Crippen LogP contribution in [0.1, 0.15) is 85.3 Å². The van der Waals surface area contributed by atoms with E-state index in [0.29, 0.717) is 11.8 Å². The average Bonchev–Trinajstić information content (AvgIpc) is 3.58. The second-order valence-electron chi connectivity index (χ2n) is 8.88. The van der Waals surface area contributed by atoms with Crippen molar-refractivity contribution in [3.05, 3.63) is 34.5 Å². The van der Waals surface area contributed by atoms with Crippen LogP contribution in [0, 0.1) is 5.82 Å². The quantitative estimate of drug-likeness (QED) is 0.697. The molecule has 6 rings (SSSR count). The van der Waals surface area contributed by atoms with Crippen molar-refractivity contribution in [3.63, 3.8) is 0 Å². The maximum Gasteiger partial charge on any atom is 0.322 e. The first-order chi connectivity index (χ1) is 14.6. The molecule has 0 bridgehead atoms. The fourth-order valence-electron chi connectivity index (χ4n) is 4.46. The van der Waals surface area contributed by atoms with Crippen LogP contribution >= 0.6 is 0 Å². The zero-order valence-electron chi connectivity index (χ0n) is 16.6. The first-order valence-corrected chi connectivity index (χ1v) is 11.9. The molecule has 0 unspecified atom stereocenters. The molecule has 2 aromatic rings. The number of aromatic nitrogens is 3. The monoisotopic (exact) mass is 428 g/mol. The lowest BCUT2D eigenvalue weighted by Gasteiger charge is -2.18. The van der Waals surface area contributed by atoms with Gasteiger partial charge in [0.25, 0.3) is 0 Å². The van der Waals surface area contributed by atoms with Crippen LogP contribution in [0.3, 0.4) is 0 Å². The molecule has 0 spiro atoms. The number of nitrogens with one attached hydrogen (secondary N) is 1. The largest absolute Gasteiger partial charge is 0.438 e. The van der Waals surface area contributed by atoms with Crippen LogP contribution in [0.25, 0.3) is 0 Å². The molecule has 9 heteroatoms. The summed E-state index contributed by atoms with van der Waals surface area (Å²) in [5, 5.41) is 6.69. The molecule has 0 atom stereocenters. The van der Waals surface area contributed by atoms with Crippen molar-refractivity contribution in [1.29, 1.82) is 0 Å². The number of amides is 2. The highest BCUT2D eigenvalue weighted by atomic mass is 32.2. The van der Waals surface area contributed by atoms with Crippen molar-refractivity contribution in [3.8, 4) is 0 Å². The summed E-state index contributed by atoms with van der Waals surface area (Å²) in [6, 6.07) is -0.543. The highest BCUT2D eigenvalue weighted by Crippen LogP contribution is 2.52. The smallest absolute Gasteiger partial charge is 0.322 e. The number of hydrogen-bond donors (Lipinski definition) is 1. The Kier molecular flexibility index (Phi) is 4.23. The van der Waals surface area contributed by atoms with Gasteiger partial charge in [-0.05, 0) is 69.3 Å². The molecular formula is C21H23FN5O2S-. The average molecular weight is 429 g/mol. The summed E-state index contributed by atoms with van der Waals surface area (Å²) in [6.07, 6.45) is 10.5. The van der Waals surface area contributed by atoms with Gasteiger partial charge in [-0.2, -0.15) is 5.10 Å². The molecule has 2 amide bonds. The van der Waals surface area contributed by atoms with Gasteiger partial charge in [-0.15, -0.1) is 10.6 Å². The molecule has 158 valence electrons. The Morgan fingerprint density at radius 1 is 1.17 bits per heavy atom. The number of hydrogen-bond acceptors (Lipinski definition) is 5. The summed E-state index contributed by atoms with van der Waals surface area (Å²) < 4.78 is 31.9. The Hall–Kier alpha value is -2.29. The molecule has 2 aromatic heterocycles. The number of rotatable bonds is 5. The van der Waals surface area contributed by atoms with Crippen LogP contribution in [-0.4, -0.2) is 20.8 Å². The van der Waals surface area contributed by atoms with Gasteiger partial charge in [0.1, 0.15) is 5.82 Å². The molecule has 3 fully saturated rings. The van der Waals surface area contributed by atoms with Crippen molar-refractivity contribution < 1.29 is 13.4 Å². The van der Waals surface area contributed by atoms with Crippen molar-refractivity contribution >= 4 is 22.3 Å². The van der Waals surface area contributed by atoms with Crippen molar-refractivity contribution in [2.45, 2.75) is 80.7 Å². The van der Waals surface area contributed by atoms with Crippen molar-refractivity contribution in [1.82, 2.24) is 14.8 Å². The van der Waals surface area contributed by atoms with Gasteiger partial charge in [0.05, 0.1) is 17.9 Å². The number of urea groups is 1. The third-order valence-corrected chi connectivity index (χ3v) is 7.32. The van der Waals surface area contributed by atoms with Crippen LogP contribution in [0.15, 0.2) is 15.6 Å². The molecule has 0 aliphatic heterocycles. The molecule has 3 saturated carbocycles. The first kappa shape index (κ1) is 18.5. The Bertz CT molecular complexity index is 1140. The lowest BCUT2D eigenvalue weighted by atomic mass is 9.98. The SMILES string of the molecule is O=C(N=[S-](=O)c1nn(C2CC2)cc1F)Nc1c2c(nc(C3CC3)c1C1CC1)CCC2. The Balaban J connectivity index is 1.33. The Morgan fingerprint density at radius 2 is 1.93 bits per heavy atom. The summed E-state index contributed by atoms with van der Waals surface area (Å²) in [6.45, 7) is 0. The van der Waals surface area contributed by atoms with E-state index in [1.54, 1.807) is 0 Å². The number of halogens is 1. The van der Waals surface area contributed by atoms with Crippen LogP contribution in [0.5, 0.6) is 0 Å². The predicted octanol–water partition coefficient (Wildman–Crippen LogP) is 4.73. The van der Waals surface area contributed by atoms with Crippen molar-refractivity contribution in [2.24, 2.45) is 4.36 Å². The lowest BCUT2D eigenvalue weighted by Crippen LogP contribution is -2.14. The lowest BCUT2D eigenvalue weighted by molar-refractivity contribution is 0.260. The summed E-state index contributed by atoms with van der Waals surface area (Å²) in [7, 11) is -2.18. The minimum atomic E-state index is -2.18. The van der Waals surface area contributed by atoms with Crippen LogP contribution in [0.4, 0.5) is 14.9 Å². The molecule has 1 N–H and O–H groups in total. The predicted molar refractivity (Wildman–Crippen MR) is 108 cm³/mol. The van der Waals surface area contributed by atoms with Gasteiger partial charge in [0.15, 0.2) is 0 Å². The molecule has 4 aliphatic rings. The number of aryl methyl sites for hydroxylation is 1. The minimum Gasteiger partial charge on any atom is -0.438 e. The highest BCUT2D eigenvalue weighted by Gasteiger charge is 2.38. The van der Waals surface area contributed by atoms with Crippen LogP contribution in [0.2, 0.25) is 0 Å². The zero-order valence-corrected chi connectivity index (χ0v) is 17.4. The van der Waals surface area contributed by atoms with E-state index >= 15 is 0 Å². The van der Waals surface area contributed by atoms with E-state index in [4.69, 9.17) is 4.98 Å². The number of fused-ring (bicyclic) bond motifs is 1. The number of nitrogens with zero attached hydrogens (tertiary/aromatic N) is 4. The maximum absolute atomic E-state index is 14.2. The van der Waals surface area contributed by atoms with Gasteiger partial charge in [0, 0.05) is 27.9 Å². The summed E-state index contributed by atoms with van der Waals surface area (Å²) in [4.78, 5) is 17.7. The second kappa shape index (κ2) is 6.87. The molecule has 0 saturated heterocycles. The highest BCUT2D eigenvalue weighted by molar-refractivity contribution is 7.75. The fourth-order valence-corrected chi connectivity index (χ4v) is 5.12. The standard InChI is InChI=1S/C21H23FN5O2S/c22-15-10-27(13-8-9-13)25-20(15)30(29)26-21(28)24-19-14-2-1-3-16(14)23-18(12-6-7-12)17(19)11-4-5-11/h10-13H,1-9H2,(H,23,24,28)/q-1. The molecular weight excluding hydrogens is 405 g/mol. The van der Waals surface area contributed by atoms with E-state index in [1.165, 1.54) is 10.9 Å². The third-order valence-electron chi connectivity index (χ3n) is 6.38. The first-order valence-electron chi connectivity index (χ1n) is 10.8. The normalized spacial score (nSPS) is 21.6. The van der Waals surface area contributed by atoms with E-state index in [0.717, 1.165) is 86.0 Å². The Morgan fingerprint density at radius 3 is 2.63 bits per heavy atom. The third kappa shape index (κ3) is 3.33. The second-order valence-corrected chi connectivity index (χ2v) is 9.94. The van der Waals surface area contributed by atoms with E-state index in [2.05, 4.69) is 14.8 Å². The van der Waals surface area contributed by atoms with Gasteiger partial charge >= 0.3 is 6.03 Å². The van der Waals surface area contributed by atoms with E-state index in [-0.39, 0.29) is 11.1 Å². The molecule has 2 heterocycles. The van der Waals surface area contributed by atoms with Gasteiger partial charge in [0.2, 0.25) is 0 Å². The van der Waals surface area contributed by atoms with Gasteiger partial charge in [-0.1, -0.05) is 0 Å². The fraction of sp³-hybridized carbons (Fsp3) is 0.571. The van der Waals surface area contributed by atoms with E-state index < -0.39 is 22.4 Å². The van der Waals surface area contributed by atoms with E-state index in [9.17, 15) is 13.4 Å². The zero-order chi connectivity index (χ0) is 20.4. The van der Waals surface area contributed by atoms with Gasteiger partial charge < -0.3 is 13.9 Å². The number of anilines is 1. The number of carbonyl (C=O) groups excluding carboxylic acids is 1. The summed E-state index contributed by atoms with van der Waals surface area (Å²) >= 11 is 0. The van der Waals surface area contributed by atoms with Crippen LogP contribution in [-0.2, 0) is 27.6 Å². The molecule has 0 aromatic carbocycles. The van der Waals surface area contributed by atoms with Crippen molar-refractivity contribution in [2.75, 3.05) is 5.32 Å². The molecule has 7 nitrogen and oxygen atoms in total. The minimum absolute atomic E-state index is 0.167. The molecule has 4 aliphatic carbocycles. The number of carbonyl (C=O) groups is 1. The maximum atomic E-state index is 14.2. The molecule has 30 heavy (non-hydrogen) atoms.